The van der Waals surface area contributed by atoms with Gasteiger partial charge in [-0.1, -0.05) is 18.6 Å². The third-order valence-electron chi connectivity index (χ3n) is 5.18. The maximum Gasteiger partial charge on any atom is 0.269 e. The van der Waals surface area contributed by atoms with Crippen molar-refractivity contribution in [3.63, 3.8) is 0 Å². The Balaban J connectivity index is 1.55. The maximum absolute atomic E-state index is 13.0. The molecule has 0 unspecified atom stereocenters. The van der Waals surface area contributed by atoms with Crippen molar-refractivity contribution < 1.29 is 27.4 Å². The lowest BCUT2D eigenvalue weighted by Crippen LogP contribution is -2.40. The number of ether oxygens (including phenoxy) is 3. The topological polar surface area (TPSA) is 94.2 Å². The Morgan fingerprint density at radius 2 is 1.83 bits per heavy atom. The number of rotatable bonds is 5. The van der Waals surface area contributed by atoms with Crippen molar-refractivity contribution in [1.82, 2.24) is 4.31 Å². The van der Waals surface area contributed by atoms with Gasteiger partial charge in [0.1, 0.15) is 12.4 Å². The molecule has 2 heterocycles. The first-order valence-corrected chi connectivity index (χ1v) is 11.3. The maximum atomic E-state index is 13.0. The number of carbonyl (C=O) groups is 1. The monoisotopic (exact) mass is 432 g/mol. The van der Waals surface area contributed by atoms with Gasteiger partial charge in [0, 0.05) is 13.1 Å². The average molecular weight is 432 g/mol. The van der Waals surface area contributed by atoms with Gasteiger partial charge in [0.25, 0.3) is 5.91 Å². The summed E-state index contributed by atoms with van der Waals surface area (Å²) in [7, 11) is -2.18. The number of para-hydroxylation sites is 2. The highest BCUT2D eigenvalue weighted by Gasteiger charge is 2.30. The fraction of sp³-hybridized carbons (Fsp3) is 0.381. The molecule has 1 saturated heterocycles. The van der Waals surface area contributed by atoms with Crippen LogP contribution >= 0.6 is 0 Å². The largest absolute Gasteiger partial charge is 0.495 e. The van der Waals surface area contributed by atoms with E-state index < -0.39 is 22.0 Å². The Kier molecular flexibility index (Phi) is 5.83. The van der Waals surface area contributed by atoms with Crippen LogP contribution in [-0.2, 0) is 14.8 Å². The summed E-state index contributed by atoms with van der Waals surface area (Å²) in [5.74, 6) is 0.972. The number of fused-ring (bicyclic) bond motifs is 1. The molecule has 1 amide bonds. The van der Waals surface area contributed by atoms with Crippen LogP contribution in [0.25, 0.3) is 0 Å². The van der Waals surface area contributed by atoms with Crippen molar-refractivity contribution in [1.29, 1.82) is 0 Å². The summed E-state index contributed by atoms with van der Waals surface area (Å²) >= 11 is 0. The van der Waals surface area contributed by atoms with E-state index in [4.69, 9.17) is 14.2 Å². The van der Waals surface area contributed by atoms with Gasteiger partial charge >= 0.3 is 0 Å². The van der Waals surface area contributed by atoms with Gasteiger partial charge in [-0.2, -0.15) is 4.31 Å². The molecule has 0 bridgehead atoms. The van der Waals surface area contributed by atoms with Crippen LogP contribution in [0.5, 0.6) is 17.2 Å². The zero-order chi connectivity index (χ0) is 21.1. The quantitative estimate of drug-likeness (QED) is 0.781. The minimum absolute atomic E-state index is 0.0525. The van der Waals surface area contributed by atoms with E-state index in [1.807, 2.05) is 6.07 Å². The van der Waals surface area contributed by atoms with Crippen LogP contribution in [0.3, 0.4) is 0 Å². The van der Waals surface area contributed by atoms with Crippen LogP contribution in [0.2, 0.25) is 0 Å². The molecule has 0 radical (unpaired) electrons. The number of carbonyl (C=O) groups excluding carboxylic acids is 1. The first kappa shape index (κ1) is 20.5. The van der Waals surface area contributed by atoms with Crippen molar-refractivity contribution in [2.45, 2.75) is 30.3 Å². The molecule has 2 aromatic rings. The third-order valence-corrected chi connectivity index (χ3v) is 7.08. The van der Waals surface area contributed by atoms with Crippen LogP contribution in [-0.4, -0.2) is 51.5 Å². The van der Waals surface area contributed by atoms with Crippen molar-refractivity contribution in [3.05, 3.63) is 42.5 Å². The molecular weight excluding hydrogens is 408 g/mol. The summed E-state index contributed by atoms with van der Waals surface area (Å²) in [4.78, 5) is 12.9. The van der Waals surface area contributed by atoms with E-state index in [1.165, 1.54) is 23.5 Å². The SMILES string of the molecule is COc1ccc(S(=O)(=O)N2CCCCC2)cc1NC(=O)[C@H]1COc2ccccc2O1. The van der Waals surface area contributed by atoms with Gasteiger partial charge in [-0.15, -0.1) is 0 Å². The van der Waals surface area contributed by atoms with E-state index >= 15 is 0 Å². The van der Waals surface area contributed by atoms with Crippen LogP contribution in [0.15, 0.2) is 47.4 Å². The fourth-order valence-electron chi connectivity index (χ4n) is 3.56. The molecule has 160 valence electrons. The Morgan fingerprint density at radius 1 is 1.10 bits per heavy atom. The first-order valence-electron chi connectivity index (χ1n) is 9.86. The summed E-state index contributed by atoms with van der Waals surface area (Å²) in [5, 5.41) is 2.73. The number of nitrogens with zero attached hydrogens (tertiary/aromatic N) is 1. The highest BCUT2D eigenvalue weighted by Crippen LogP contribution is 2.33. The molecule has 2 aliphatic rings. The molecule has 1 fully saturated rings. The van der Waals surface area contributed by atoms with Crippen molar-refractivity contribution in [2.75, 3.05) is 32.1 Å². The van der Waals surface area contributed by atoms with E-state index in [9.17, 15) is 13.2 Å². The number of sulfonamides is 1. The summed E-state index contributed by atoms with van der Waals surface area (Å²) in [6, 6.07) is 11.6. The zero-order valence-corrected chi connectivity index (χ0v) is 17.5. The lowest BCUT2D eigenvalue weighted by molar-refractivity contribution is -0.125. The van der Waals surface area contributed by atoms with Gasteiger partial charge in [-0.05, 0) is 43.2 Å². The summed E-state index contributed by atoms with van der Waals surface area (Å²) < 4.78 is 44.1. The van der Waals surface area contributed by atoms with Crippen LogP contribution < -0.4 is 19.5 Å². The molecule has 2 aromatic carbocycles. The lowest BCUT2D eigenvalue weighted by atomic mass is 10.2. The summed E-state index contributed by atoms with van der Waals surface area (Å²) in [6.45, 7) is 1.06. The van der Waals surface area contributed by atoms with Gasteiger partial charge in [-0.3, -0.25) is 4.79 Å². The number of nitrogens with one attached hydrogen (secondary N) is 1. The average Bonchev–Trinajstić information content (AvgIpc) is 2.79. The number of benzene rings is 2. The van der Waals surface area contributed by atoms with E-state index in [1.54, 1.807) is 24.3 Å². The number of hydrogen-bond acceptors (Lipinski definition) is 6. The number of anilines is 1. The second-order valence-electron chi connectivity index (χ2n) is 7.18. The molecule has 8 nitrogen and oxygen atoms in total. The molecule has 1 N–H and O–H groups in total. The molecule has 0 saturated carbocycles. The highest BCUT2D eigenvalue weighted by molar-refractivity contribution is 7.89. The number of amides is 1. The van der Waals surface area contributed by atoms with Crippen LogP contribution in [0.4, 0.5) is 5.69 Å². The van der Waals surface area contributed by atoms with E-state index in [0.717, 1.165) is 19.3 Å². The van der Waals surface area contributed by atoms with Gasteiger partial charge in [0.2, 0.25) is 16.1 Å². The van der Waals surface area contributed by atoms with E-state index in [-0.39, 0.29) is 17.2 Å². The molecule has 2 aliphatic heterocycles. The van der Waals surface area contributed by atoms with Crippen molar-refractivity contribution >= 4 is 21.6 Å². The Bertz CT molecular complexity index is 1030. The van der Waals surface area contributed by atoms with Gasteiger partial charge in [0.05, 0.1) is 17.7 Å². The normalized spacial score (nSPS) is 19.2. The van der Waals surface area contributed by atoms with E-state index in [0.29, 0.717) is 30.3 Å². The van der Waals surface area contributed by atoms with Crippen molar-refractivity contribution in [3.8, 4) is 17.2 Å². The third kappa shape index (κ3) is 4.08. The zero-order valence-electron chi connectivity index (χ0n) is 16.7. The predicted octanol–water partition coefficient (Wildman–Crippen LogP) is 2.65. The predicted molar refractivity (Wildman–Crippen MR) is 111 cm³/mol. The second-order valence-corrected chi connectivity index (χ2v) is 9.12. The molecule has 0 aliphatic carbocycles. The molecule has 30 heavy (non-hydrogen) atoms. The van der Waals surface area contributed by atoms with Crippen LogP contribution in [0.1, 0.15) is 19.3 Å². The molecule has 9 heteroatoms. The number of methoxy groups -OCH3 is 1. The smallest absolute Gasteiger partial charge is 0.269 e. The lowest BCUT2D eigenvalue weighted by Gasteiger charge is -2.27. The van der Waals surface area contributed by atoms with E-state index in [2.05, 4.69) is 5.32 Å². The van der Waals surface area contributed by atoms with Crippen LogP contribution in [0, 0.1) is 0 Å². The molecule has 4 rings (SSSR count). The molecule has 0 spiro atoms. The van der Waals surface area contributed by atoms with Gasteiger partial charge in [-0.25, -0.2) is 8.42 Å². The standard InChI is InChI=1S/C21H24N2O6S/c1-27-17-10-9-15(30(25,26)23-11-5-2-6-12-23)13-16(17)22-21(24)20-14-28-18-7-3-4-8-19(18)29-20/h3-4,7-10,13,20H,2,5-6,11-12,14H2,1H3,(H,22,24)/t20-/m1/s1. The minimum Gasteiger partial charge on any atom is -0.495 e. The Labute approximate surface area is 175 Å². The highest BCUT2D eigenvalue weighted by atomic mass is 32.2. The Morgan fingerprint density at radius 3 is 2.57 bits per heavy atom. The number of piperidine rings is 1. The van der Waals surface area contributed by atoms with Crippen molar-refractivity contribution in [2.24, 2.45) is 0 Å². The summed E-state index contributed by atoms with van der Waals surface area (Å²) in [5.41, 5.74) is 0.267. The summed E-state index contributed by atoms with van der Waals surface area (Å²) in [6.07, 6.45) is 1.86. The minimum atomic E-state index is -3.64. The Hall–Kier alpha value is -2.78. The number of hydrogen-bond donors (Lipinski definition) is 1. The van der Waals surface area contributed by atoms with Gasteiger partial charge < -0.3 is 19.5 Å². The molecule has 1 atom stereocenters. The first-order chi connectivity index (χ1) is 14.5. The molecular formula is C21H24N2O6S. The molecule has 0 aromatic heterocycles. The van der Waals surface area contributed by atoms with Gasteiger partial charge in [0.15, 0.2) is 11.5 Å². The second kappa shape index (κ2) is 8.53. The fourth-order valence-corrected chi connectivity index (χ4v) is 5.11.